The molecule has 0 N–H and O–H groups in total. The summed E-state index contributed by atoms with van der Waals surface area (Å²) in [6.07, 6.45) is 0. The minimum absolute atomic E-state index is 0.149. The molecule has 7 nitrogen and oxygen atoms in total. The molecule has 0 aliphatic carbocycles. The van der Waals surface area contributed by atoms with Crippen molar-refractivity contribution in [2.24, 2.45) is 0 Å². The summed E-state index contributed by atoms with van der Waals surface area (Å²) in [6.45, 7) is 3.22. The molecule has 0 unspecified atom stereocenters. The fourth-order valence-electron chi connectivity index (χ4n) is 3.90. The topological polar surface area (TPSA) is 73.8 Å². The summed E-state index contributed by atoms with van der Waals surface area (Å²) in [4.78, 5) is 24.4. The van der Waals surface area contributed by atoms with Crippen LogP contribution in [-0.4, -0.2) is 47.8 Å². The number of carbonyl (C=O) groups is 1. The van der Waals surface area contributed by atoms with Gasteiger partial charge in [-0.25, -0.2) is 9.97 Å². The van der Waals surface area contributed by atoms with E-state index >= 15 is 0 Å². The van der Waals surface area contributed by atoms with Crippen molar-refractivity contribution in [2.45, 2.75) is 13.5 Å². The molecule has 0 radical (unpaired) electrons. The summed E-state index contributed by atoms with van der Waals surface area (Å²) in [6, 6.07) is 13.4. The number of hydrogen-bond acceptors (Lipinski definition) is 7. The monoisotopic (exact) mass is 495 g/mol. The Morgan fingerprint density at radius 1 is 1.18 bits per heavy atom. The highest BCUT2D eigenvalue weighted by Crippen LogP contribution is 2.37. The van der Waals surface area contributed by atoms with Crippen LogP contribution in [0.2, 0.25) is 5.02 Å². The number of ether oxygens (including phenoxy) is 3. The van der Waals surface area contributed by atoms with E-state index < -0.39 is 0 Å². The number of nitrogens with zero attached hydrogens (tertiary/aromatic N) is 3. The van der Waals surface area contributed by atoms with Crippen LogP contribution in [0.4, 0.5) is 0 Å². The molecule has 0 saturated heterocycles. The van der Waals surface area contributed by atoms with Gasteiger partial charge < -0.3 is 19.1 Å². The first-order valence-electron chi connectivity index (χ1n) is 10.7. The Labute approximate surface area is 205 Å². The predicted octanol–water partition coefficient (Wildman–Crippen LogP) is 5.34. The van der Waals surface area contributed by atoms with Gasteiger partial charge in [0.2, 0.25) is 6.79 Å². The molecule has 2 aromatic carbocycles. The van der Waals surface area contributed by atoms with Gasteiger partial charge in [-0.05, 0) is 36.8 Å². The Hall–Kier alpha value is -3.20. The Kier molecular flexibility index (Phi) is 6.36. The standard InChI is InChI=1S/C25H22ClN3O4S/c1-15-27-21(13-34-15)25(30)29(6-7-31-2)12-18-8-17-10-22-23(33-14-32-22)11-20(17)28-24(18)16-4-3-5-19(26)9-16/h3-5,8-11,13H,6-7,12,14H2,1-2H3. The molecule has 1 aliphatic heterocycles. The number of rotatable bonds is 7. The van der Waals surface area contributed by atoms with Crippen molar-refractivity contribution in [3.63, 3.8) is 0 Å². The summed E-state index contributed by atoms with van der Waals surface area (Å²) in [7, 11) is 1.62. The van der Waals surface area contributed by atoms with Gasteiger partial charge in [0, 0.05) is 47.6 Å². The van der Waals surface area contributed by atoms with Gasteiger partial charge in [-0.15, -0.1) is 11.3 Å². The minimum Gasteiger partial charge on any atom is -0.454 e. The summed E-state index contributed by atoms with van der Waals surface area (Å²) < 4.78 is 16.4. The van der Waals surface area contributed by atoms with Crippen LogP contribution in [0.3, 0.4) is 0 Å². The van der Waals surface area contributed by atoms with Crippen molar-refractivity contribution in [1.29, 1.82) is 0 Å². The highest BCUT2D eigenvalue weighted by atomic mass is 35.5. The first kappa shape index (κ1) is 22.6. The molecule has 0 spiro atoms. The van der Waals surface area contributed by atoms with Gasteiger partial charge in [-0.2, -0.15) is 0 Å². The molecule has 34 heavy (non-hydrogen) atoms. The average Bonchev–Trinajstić information content (AvgIpc) is 3.47. The Morgan fingerprint density at radius 3 is 2.74 bits per heavy atom. The Morgan fingerprint density at radius 2 is 2.00 bits per heavy atom. The van der Waals surface area contributed by atoms with Crippen LogP contribution < -0.4 is 9.47 Å². The maximum Gasteiger partial charge on any atom is 0.273 e. The lowest BCUT2D eigenvalue weighted by molar-refractivity contribution is 0.0675. The van der Waals surface area contributed by atoms with Gasteiger partial charge in [0.05, 0.1) is 22.8 Å². The predicted molar refractivity (Wildman–Crippen MR) is 132 cm³/mol. The van der Waals surface area contributed by atoms with Crippen molar-refractivity contribution in [2.75, 3.05) is 27.1 Å². The highest BCUT2D eigenvalue weighted by molar-refractivity contribution is 7.09. The van der Waals surface area contributed by atoms with Crippen LogP contribution >= 0.6 is 22.9 Å². The zero-order valence-electron chi connectivity index (χ0n) is 18.7. The number of carbonyl (C=O) groups excluding carboxylic acids is 1. The van der Waals surface area contributed by atoms with Crippen molar-refractivity contribution in [1.82, 2.24) is 14.9 Å². The van der Waals surface area contributed by atoms with Crippen LogP contribution in [0.1, 0.15) is 21.1 Å². The molecule has 5 rings (SSSR count). The van der Waals surface area contributed by atoms with E-state index in [2.05, 4.69) is 4.98 Å². The number of amides is 1. The zero-order chi connectivity index (χ0) is 23.7. The second kappa shape index (κ2) is 9.58. The molecule has 1 aliphatic rings. The van der Waals surface area contributed by atoms with Crippen LogP contribution in [0.5, 0.6) is 11.5 Å². The van der Waals surface area contributed by atoms with E-state index in [1.807, 2.05) is 49.4 Å². The number of thiazole rings is 1. The molecule has 0 saturated carbocycles. The van der Waals surface area contributed by atoms with E-state index in [0.717, 1.165) is 32.7 Å². The van der Waals surface area contributed by atoms with Crippen LogP contribution in [0.25, 0.3) is 22.2 Å². The number of fused-ring (bicyclic) bond motifs is 2. The first-order valence-corrected chi connectivity index (χ1v) is 12.0. The molecule has 2 aromatic heterocycles. The summed E-state index contributed by atoms with van der Waals surface area (Å²) in [5, 5.41) is 4.14. The largest absolute Gasteiger partial charge is 0.454 e. The number of pyridine rings is 1. The van der Waals surface area contributed by atoms with Crippen molar-refractivity contribution < 1.29 is 19.0 Å². The quantitative estimate of drug-likeness (QED) is 0.344. The van der Waals surface area contributed by atoms with E-state index in [4.69, 9.17) is 30.8 Å². The van der Waals surface area contributed by atoms with E-state index in [1.165, 1.54) is 11.3 Å². The molecule has 0 fully saturated rings. The smallest absolute Gasteiger partial charge is 0.273 e. The van der Waals surface area contributed by atoms with Crippen LogP contribution in [0.15, 0.2) is 47.8 Å². The zero-order valence-corrected chi connectivity index (χ0v) is 20.3. The maximum absolute atomic E-state index is 13.3. The normalized spacial score (nSPS) is 12.3. The van der Waals surface area contributed by atoms with E-state index in [-0.39, 0.29) is 12.7 Å². The fraction of sp³-hybridized carbons (Fsp3) is 0.240. The molecule has 3 heterocycles. The Bertz CT molecular complexity index is 1370. The van der Waals surface area contributed by atoms with Gasteiger partial charge >= 0.3 is 0 Å². The van der Waals surface area contributed by atoms with Gasteiger partial charge in [0.15, 0.2) is 11.5 Å². The molecule has 4 aromatic rings. The van der Waals surface area contributed by atoms with Crippen molar-refractivity contribution in [3.8, 4) is 22.8 Å². The second-order valence-electron chi connectivity index (χ2n) is 7.88. The second-order valence-corrected chi connectivity index (χ2v) is 9.37. The number of halogens is 1. The Balaban J connectivity index is 1.61. The summed E-state index contributed by atoms with van der Waals surface area (Å²) in [5.41, 5.74) is 3.70. The number of aromatic nitrogens is 2. The SMILES string of the molecule is COCCN(Cc1cc2cc3c(cc2nc1-c1cccc(Cl)c1)OCO3)C(=O)c1csc(C)n1. The van der Waals surface area contributed by atoms with E-state index in [9.17, 15) is 4.79 Å². The van der Waals surface area contributed by atoms with Crippen LogP contribution in [0, 0.1) is 6.92 Å². The molecule has 9 heteroatoms. The molecule has 1 amide bonds. The fourth-order valence-corrected chi connectivity index (χ4v) is 4.67. The molecule has 0 atom stereocenters. The lowest BCUT2D eigenvalue weighted by Gasteiger charge is -2.23. The summed E-state index contributed by atoms with van der Waals surface area (Å²) >= 11 is 7.75. The maximum atomic E-state index is 13.3. The number of methoxy groups -OCH3 is 1. The van der Waals surface area contributed by atoms with Gasteiger partial charge in [-0.3, -0.25) is 4.79 Å². The molecular formula is C25H22ClN3O4S. The van der Waals surface area contributed by atoms with Crippen molar-refractivity contribution >= 4 is 39.7 Å². The van der Waals surface area contributed by atoms with Gasteiger partial charge in [0.1, 0.15) is 5.69 Å². The highest BCUT2D eigenvalue weighted by Gasteiger charge is 2.22. The molecule has 174 valence electrons. The number of hydrogen-bond donors (Lipinski definition) is 0. The van der Waals surface area contributed by atoms with E-state index in [1.54, 1.807) is 17.4 Å². The minimum atomic E-state index is -0.149. The molecular weight excluding hydrogens is 474 g/mol. The first-order chi connectivity index (χ1) is 16.5. The number of benzene rings is 2. The van der Waals surface area contributed by atoms with E-state index in [0.29, 0.717) is 41.9 Å². The average molecular weight is 496 g/mol. The third-order valence-corrected chi connectivity index (χ3v) is 6.55. The van der Waals surface area contributed by atoms with Crippen molar-refractivity contribution in [3.05, 3.63) is 69.1 Å². The third-order valence-electron chi connectivity index (χ3n) is 5.54. The van der Waals surface area contributed by atoms with Gasteiger partial charge in [-0.1, -0.05) is 23.7 Å². The summed E-state index contributed by atoms with van der Waals surface area (Å²) in [5.74, 6) is 1.20. The lowest BCUT2D eigenvalue weighted by Crippen LogP contribution is -2.34. The molecule has 0 bridgehead atoms. The van der Waals surface area contributed by atoms with Gasteiger partial charge in [0.25, 0.3) is 5.91 Å². The third kappa shape index (κ3) is 4.57. The number of aryl methyl sites for hydroxylation is 1. The van der Waals surface area contributed by atoms with Crippen LogP contribution in [-0.2, 0) is 11.3 Å². The lowest BCUT2D eigenvalue weighted by atomic mass is 10.0.